The fourth-order valence-corrected chi connectivity index (χ4v) is 2.37. The van der Waals surface area contributed by atoms with Gasteiger partial charge in [0.1, 0.15) is 5.15 Å². The van der Waals surface area contributed by atoms with Crippen LogP contribution in [0.3, 0.4) is 0 Å². The molecule has 0 spiro atoms. The third-order valence-electron chi connectivity index (χ3n) is 2.03. The molecule has 0 fully saturated rings. The zero-order chi connectivity index (χ0) is 13.2. The number of benzene rings is 1. The zero-order valence-corrected chi connectivity index (χ0v) is 10.6. The maximum Gasteiger partial charge on any atom is 0.263 e. The molecule has 0 bridgehead atoms. The van der Waals surface area contributed by atoms with Gasteiger partial charge < -0.3 is 5.73 Å². The number of halogens is 1. The molecule has 6 nitrogen and oxygen atoms in total. The zero-order valence-electron chi connectivity index (χ0n) is 9.04. The number of sulfonamides is 1. The first-order chi connectivity index (χ1) is 8.47. The molecular formula is C10H9ClN4O2S. The van der Waals surface area contributed by atoms with Crippen LogP contribution in [0.1, 0.15) is 0 Å². The van der Waals surface area contributed by atoms with Crippen LogP contribution in [-0.2, 0) is 10.0 Å². The van der Waals surface area contributed by atoms with Gasteiger partial charge in [0.05, 0.1) is 17.3 Å². The number of hydrogen-bond donors (Lipinski definition) is 2. The van der Waals surface area contributed by atoms with Crippen molar-refractivity contribution in [2.45, 2.75) is 4.90 Å². The molecular weight excluding hydrogens is 276 g/mol. The van der Waals surface area contributed by atoms with E-state index in [0.29, 0.717) is 5.69 Å². The molecule has 2 aromatic rings. The molecule has 0 aliphatic carbocycles. The predicted octanol–water partition coefficient (Wildman–Crippen LogP) is 1.51. The molecule has 1 heterocycles. The van der Waals surface area contributed by atoms with Crippen LogP contribution in [0.15, 0.2) is 41.6 Å². The van der Waals surface area contributed by atoms with E-state index in [0.717, 1.165) is 0 Å². The molecule has 1 aromatic carbocycles. The Bertz CT molecular complexity index is 658. The highest BCUT2D eigenvalue weighted by Gasteiger charge is 2.14. The summed E-state index contributed by atoms with van der Waals surface area (Å²) in [7, 11) is -3.71. The minimum atomic E-state index is -3.71. The van der Waals surface area contributed by atoms with Crippen LogP contribution in [0.5, 0.6) is 0 Å². The summed E-state index contributed by atoms with van der Waals surface area (Å²) >= 11 is 5.62. The molecule has 0 atom stereocenters. The monoisotopic (exact) mass is 284 g/mol. The molecule has 0 saturated heterocycles. The lowest BCUT2D eigenvalue weighted by molar-refractivity contribution is 0.601. The van der Waals surface area contributed by atoms with Gasteiger partial charge in [-0.3, -0.25) is 9.71 Å². The molecule has 0 aliphatic rings. The van der Waals surface area contributed by atoms with E-state index in [9.17, 15) is 8.42 Å². The predicted molar refractivity (Wildman–Crippen MR) is 68.7 cm³/mol. The van der Waals surface area contributed by atoms with Crippen LogP contribution >= 0.6 is 11.6 Å². The standard InChI is InChI=1S/C10H9ClN4O2S/c11-9-5-13-6-10(14-9)15-18(16,17)8-3-1-7(12)2-4-8/h1-6H,12H2,(H,14,15). The number of nitrogen functional groups attached to an aromatic ring is 1. The largest absolute Gasteiger partial charge is 0.399 e. The smallest absolute Gasteiger partial charge is 0.263 e. The van der Waals surface area contributed by atoms with Gasteiger partial charge in [-0.05, 0) is 24.3 Å². The van der Waals surface area contributed by atoms with E-state index in [1.807, 2.05) is 0 Å². The molecule has 18 heavy (non-hydrogen) atoms. The SMILES string of the molecule is Nc1ccc(S(=O)(=O)Nc2cncc(Cl)n2)cc1. The average Bonchev–Trinajstić information content (AvgIpc) is 2.29. The van der Waals surface area contributed by atoms with Crippen molar-refractivity contribution in [3.8, 4) is 0 Å². The van der Waals surface area contributed by atoms with Crippen LogP contribution in [0.25, 0.3) is 0 Å². The number of aromatic nitrogens is 2. The van der Waals surface area contributed by atoms with Crippen molar-refractivity contribution in [3.63, 3.8) is 0 Å². The van der Waals surface area contributed by atoms with Crippen LogP contribution < -0.4 is 10.5 Å². The number of rotatable bonds is 3. The lowest BCUT2D eigenvalue weighted by Gasteiger charge is -2.07. The molecule has 8 heteroatoms. The van der Waals surface area contributed by atoms with Gasteiger partial charge in [0.2, 0.25) is 0 Å². The summed E-state index contributed by atoms with van der Waals surface area (Å²) in [6.45, 7) is 0. The molecule has 0 unspecified atom stereocenters. The Balaban J connectivity index is 2.30. The number of anilines is 2. The Kier molecular flexibility index (Phi) is 3.35. The van der Waals surface area contributed by atoms with E-state index < -0.39 is 10.0 Å². The van der Waals surface area contributed by atoms with Crippen molar-refractivity contribution in [3.05, 3.63) is 41.8 Å². The lowest BCUT2D eigenvalue weighted by atomic mass is 10.3. The van der Waals surface area contributed by atoms with Crippen molar-refractivity contribution >= 4 is 33.1 Å². The fraction of sp³-hybridized carbons (Fsp3) is 0. The van der Waals surface area contributed by atoms with Gasteiger partial charge in [0, 0.05) is 5.69 Å². The first-order valence-electron chi connectivity index (χ1n) is 4.83. The molecule has 3 N–H and O–H groups in total. The summed E-state index contributed by atoms with van der Waals surface area (Å²) in [6.07, 6.45) is 2.57. The summed E-state index contributed by atoms with van der Waals surface area (Å²) in [5.74, 6) is 0.0549. The summed E-state index contributed by atoms with van der Waals surface area (Å²) in [5.41, 5.74) is 5.97. The Hall–Kier alpha value is -1.86. The molecule has 1 aromatic heterocycles. The fourth-order valence-electron chi connectivity index (χ4n) is 1.23. The molecule has 94 valence electrons. The Morgan fingerprint density at radius 1 is 1.17 bits per heavy atom. The summed E-state index contributed by atoms with van der Waals surface area (Å²) in [6, 6.07) is 5.79. The average molecular weight is 285 g/mol. The third kappa shape index (κ3) is 2.88. The van der Waals surface area contributed by atoms with Crippen LogP contribution in [0.2, 0.25) is 5.15 Å². The van der Waals surface area contributed by atoms with Crippen molar-refractivity contribution in [1.29, 1.82) is 0 Å². The van der Waals surface area contributed by atoms with E-state index in [4.69, 9.17) is 17.3 Å². The summed E-state index contributed by atoms with van der Waals surface area (Å²) in [4.78, 5) is 7.61. The second kappa shape index (κ2) is 4.79. The van der Waals surface area contributed by atoms with Gasteiger partial charge in [-0.2, -0.15) is 0 Å². The molecule has 0 amide bonds. The number of hydrogen-bond acceptors (Lipinski definition) is 5. The highest BCUT2D eigenvalue weighted by Crippen LogP contribution is 2.16. The van der Waals surface area contributed by atoms with Crippen LogP contribution in [0.4, 0.5) is 11.5 Å². The van der Waals surface area contributed by atoms with Crippen molar-refractivity contribution < 1.29 is 8.42 Å². The highest BCUT2D eigenvalue weighted by molar-refractivity contribution is 7.92. The van der Waals surface area contributed by atoms with Gasteiger partial charge in [-0.1, -0.05) is 11.6 Å². The summed E-state index contributed by atoms with van der Waals surface area (Å²) in [5, 5.41) is 0.104. The first kappa shape index (κ1) is 12.6. The minimum absolute atomic E-state index is 0.0549. The van der Waals surface area contributed by atoms with Crippen LogP contribution in [-0.4, -0.2) is 18.4 Å². The van der Waals surface area contributed by atoms with Gasteiger partial charge in [-0.25, -0.2) is 13.4 Å². The Morgan fingerprint density at radius 2 is 1.83 bits per heavy atom. The molecule has 0 aliphatic heterocycles. The topological polar surface area (TPSA) is 98.0 Å². The normalized spacial score (nSPS) is 11.2. The minimum Gasteiger partial charge on any atom is -0.399 e. The Morgan fingerprint density at radius 3 is 2.44 bits per heavy atom. The van der Waals surface area contributed by atoms with Crippen molar-refractivity contribution in [1.82, 2.24) is 9.97 Å². The quantitative estimate of drug-likeness (QED) is 0.833. The van der Waals surface area contributed by atoms with E-state index in [1.54, 1.807) is 0 Å². The summed E-state index contributed by atoms with van der Waals surface area (Å²) < 4.78 is 26.2. The van der Waals surface area contributed by atoms with Crippen molar-refractivity contribution in [2.75, 3.05) is 10.5 Å². The van der Waals surface area contributed by atoms with E-state index >= 15 is 0 Å². The second-order valence-corrected chi connectivity index (χ2v) is 5.47. The third-order valence-corrected chi connectivity index (χ3v) is 3.59. The molecule has 2 rings (SSSR count). The number of nitrogens with two attached hydrogens (primary N) is 1. The number of nitrogens with one attached hydrogen (secondary N) is 1. The van der Waals surface area contributed by atoms with Gasteiger partial charge >= 0.3 is 0 Å². The number of nitrogens with zero attached hydrogens (tertiary/aromatic N) is 2. The van der Waals surface area contributed by atoms with Gasteiger partial charge in [0.15, 0.2) is 5.82 Å². The van der Waals surface area contributed by atoms with E-state index in [2.05, 4.69) is 14.7 Å². The second-order valence-electron chi connectivity index (χ2n) is 3.40. The van der Waals surface area contributed by atoms with Crippen LogP contribution in [0, 0.1) is 0 Å². The van der Waals surface area contributed by atoms with Gasteiger partial charge in [0.25, 0.3) is 10.0 Å². The van der Waals surface area contributed by atoms with E-state index in [-0.39, 0.29) is 15.9 Å². The van der Waals surface area contributed by atoms with E-state index in [1.165, 1.54) is 36.7 Å². The Labute approximate surface area is 109 Å². The van der Waals surface area contributed by atoms with Gasteiger partial charge in [-0.15, -0.1) is 0 Å². The lowest BCUT2D eigenvalue weighted by Crippen LogP contribution is -2.14. The highest BCUT2D eigenvalue weighted by atomic mass is 35.5. The van der Waals surface area contributed by atoms with Crippen molar-refractivity contribution in [2.24, 2.45) is 0 Å². The molecule has 0 radical (unpaired) electrons. The molecule has 0 saturated carbocycles. The first-order valence-corrected chi connectivity index (χ1v) is 6.69. The maximum absolute atomic E-state index is 12.0. The maximum atomic E-state index is 12.0.